The van der Waals surface area contributed by atoms with Crippen molar-refractivity contribution in [3.63, 3.8) is 0 Å². The first kappa shape index (κ1) is 16.5. The van der Waals surface area contributed by atoms with Crippen LogP contribution in [0.25, 0.3) is 0 Å². The molecule has 3 rings (SSSR count). The van der Waals surface area contributed by atoms with Crippen LogP contribution in [0.2, 0.25) is 0 Å². The van der Waals surface area contributed by atoms with Crippen LogP contribution in [0.1, 0.15) is 35.4 Å². The largest absolute Gasteiger partial charge is 0.486 e. The predicted octanol–water partition coefficient (Wildman–Crippen LogP) is 3.38. The van der Waals surface area contributed by atoms with Crippen LogP contribution in [0, 0.1) is 24.2 Å². The summed E-state index contributed by atoms with van der Waals surface area (Å²) in [6.07, 6.45) is 3.47. The molecule has 0 bridgehead atoms. The lowest BCUT2D eigenvalue weighted by atomic mass is 9.93. The summed E-state index contributed by atoms with van der Waals surface area (Å²) in [7, 11) is 0. The van der Waals surface area contributed by atoms with Crippen LogP contribution in [0.4, 0.5) is 0 Å². The van der Waals surface area contributed by atoms with Gasteiger partial charge >= 0.3 is 0 Å². The Morgan fingerprint density at radius 2 is 2.00 bits per heavy atom. The van der Waals surface area contributed by atoms with E-state index in [0.717, 1.165) is 42.4 Å². The first-order valence-electron chi connectivity index (χ1n) is 8.53. The van der Waals surface area contributed by atoms with Gasteiger partial charge in [-0.3, -0.25) is 4.98 Å². The van der Waals surface area contributed by atoms with Gasteiger partial charge in [0, 0.05) is 5.69 Å². The van der Waals surface area contributed by atoms with Gasteiger partial charge in [0.2, 0.25) is 0 Å². The maximum Gasteiger partial charge on any atom is 0.137 e. The first-order valence-corrected chi connectivity index (χ1v) is 8.53. The maximum atomic E-state index is 9.22. The predicted molar refractivity (Wildman–Crippen MR) is 93.8 cm³/mol. The number of pyridine rings is 1. The minimum atomic E-state index is 0.387. The number of nitriles is 1. The SMILES string of the molecule is Cc1ccc(OCc2cccc(CC3CCNCC3)n2)c(C#N)c1. The van der Waals surface area contributed by atoms with Crippen molar-refractivity contribution in [3.05, 3.63) is 58.9 Å². The van der Waals surface area contributed by atoms with E-state index in [4.69, 9.17) is 9.72 Å². The fourth-order valence-corrected chi connectivity index (χ4v) is 3.11. The lowest BCUT2D eigenvalue weighted by Crippen LogP contribution is -2.28. The molecule has 1 N–H and O–H groups in total. The van der Waals surface area contributed by atoms with Gasteiger partial charge in [-0.25, -0.2) is 0 Å². The zero-order valence-corrected chi connectivity index (χ0v) is 14.1. The summed E-state index contributed by atoms with van der Waals surface area (Å²) in [6, 6.07) is 14.0. The standard InChI is InChI=1S/C20H23N3O/c1-15-5-6-20(17(11-15)13-21)24-14-19-4-2-3-18(23-19)12-16-7-9-22-10-8-16/h2-6,11,16,22H,7-10,12,14H2,1H3. The van der Waals surface area contributed by atoms with Gasteiger partial charge in [-0.05, 0) is 75.0 Å². The molecule has 1 aromatic carbocycles. The summed E-state index contributed by atoms with van der Waals surface area (Å²) in [5.41, 5.74) is 3.67. The van der Waals surface area contributed by atoms with E-state index in [1.54, 1.807) is 0 Å². The van der Waals surface area contributed by atoms with Gasteiger partial charge in [-0.2, -0.15) is 5.26 Å². The highest BCUT2D eigenvalue weighted by Crippen LogP contribution is 2.21. The molecule has 0 amide bonds. The summed E-state index contributed by atoms with van der Waals surface area (Å²) in [5.74, 6) is 1.34. The van der Waals surface area contributed by atoms with E-state index in [0.29, 0.717) is 17.9 Å². The molecule has 1 aromatic heterocycles. The van der Waals surface area contributed by atoms with E-state index >= 15 is 0 Å². The highest BCUT2D eigenvalue weighted by atomic mass is 16.5. The number of aryl methyl sites for hydroxylation is 1. The number of piperidine rings is 1. The Balaban J connectivity index is 1.63. The maximum absolute atomic E-state index is 9.22. The molecule has 0 radical (unpaired) electrons. The van der Waals surface area contributed by atoms with Gasteiger partial charge < -0.3 is 10.1 Å². The molecule has 24 heavy (non-hydrogen) atoms. The van der Waals surface area contributed by atoms with Crippen molar-refractivity contribution in [2.75, 3.05) is 13.1 Å². The van der Waals surface area contributed by atoms with E-state index in [-0.39, 0.29) is 0 Å². The number of ether oxygens (including phenoxy) is 1. The van der Waals surface area contributed by atoms with E-state index in [1.807, 2.05) is 37.3 Å². The number of hydrogen-bond donors (Lipinski definition) is 1. The monoisotopic (exact) mass is 321 g/mol. The Bertz CT molecular complexity index is 730. The minimum absolute atomic E-state index is 0.387. The molecule has 1 saturated heterocycles. The number of hydrogen-bond acceptors (Lipinski definition) is 4. The molecular formula is C20H23N3O. The van der Waals surface area contributed by atoms with Crippen LogP contribution in [-0.2, 0) is 13.0 Å². The summed E-state index contributed by atoms with van der Waals surface area (Å²) >= 11 is 0. The summed E-state index contributed by atoms with van der Waals surface area (Å²) < 4.78 is 5.82. The van der Waals surface area contributed by atoms with Gasteiger partial charge in [0.05, 0.1) is 11.3 Å². The normalized spacial score (nSPS) is 15.0. The molecule has 124 valence electrons. The second-order valence-corrected chi connectivity index (χ2v) is 6.42. The third kappa shape index (κ3) is 4.33. The third-order valence-electron chi connectivity index (χ3n) is 4.45. The molecule has 0 saturated carbocycles. The van der Waals surface area contributed by atoms with Gasteiger partial charge in [-0.1, -0.05) is 12.1 Å². The van der Waals surface area contributed by atoms with E-state index in [1.165, 1.54) is 12.8 Å². The van der Waals surface area contributed by atoms with Gasteiger partial charge in [-0.15, -0.1) is 0 Å². The summed E-state index contributed by atoms with van der Waals surface area (Å²) in [5, 5.41) is 12.6. The van der Waals surface area contributed by atoms with Crippen LogP contribution < -0.4 is 10.1 Å². The van der Waals surface area contributed by atoms with Crippen molar-refractivity contribution in [1.29, 1.82) is 5.26 Å². The number of aromatic nitrogens is 1. The molecule has 1 aliphatic heterocycles. The summed E-state index contributed by atoms with van der Waals surface area (Å²) in [4.78, 5) is 4.73. The second kappa shape index (κ2) is 7.94. The Labute approximate surface area is 143 Å². The lowest BCUT2D eigenvalue weighted by Gasteiger charge is -2.22. The number of nitrogens with one attached hydrogen (secondary N) is 1. The van der Waals surface area contributed by atoms with Crippen LogP contribution in [0.3, 0.4) is 0 Å². The molecule has 1 aliphatic rings. The highest BCUT2D eigenvalue weighted by Gasteiger charge is 2.14. The topological polar surface area (TPSA) is 57.9 Å². The number of rotatable bonds is 5. The third-order valence-corrected chi connectivity index (χ3v) is 4.45. The molecule has 0 aliphatic carbocycles. The van der Waals surface area contributed by atoms with Crippen LogP contribution in [-0.4, -0.2) is 18.1 Å². The van der Waals surface area contributed by atoms with Crippen LogP contribution in [0.5, 0.6) is 5.75 Å². The first-order chi connectivity index (χ1) is 11.7. The van der Waals surface area contributed by atoms with Gasteiger partial charge in [0.1, 0.15) is 18.4 Å². The van der Waals surface area contributed by atoms with Crippen molar-refractivity contribution in [3.8, 4) is 11.8 Å². The van der Waals surface area contributed by atoms with E-state index < -0.39 is 0 Å². The van der Waals surface area contributed by atoms with Crippen molar-refractivity contribution in [2.24, 2.45) is 5.92 Å². The minimum Gasteiger partial charge on any atom is -0.486 e. The van der Waals surface area contributed by atoms with Crippen LogP contribution >= 0.6 is 0 Å². The highest BCUT2D eigenvalue weighted by molar-refractivity contribution is 5.45. The average Bonchev–Trinajstić information content (AvgIpc) is 2.62. The van der Waals surface area contributed by atoms with E-state index in [9.17, 15) is 5.26 Å². The molecule has 2 aromatic rings. The van der Waals surface area contributed by atoms with Gasteiger partial charge in [0.15, 0.2) is 0 Å². The van der Waals surface area contributed by atoms with Crippen molar-refractivity contribution in [2.45, 2.75) is 32.8 Å². The smallest absolute Gasteiger partial charge is 0.137 e. The van der Waals surface area contributed by atoms with Crippen molar-refractivity contribution < 1.29 is 4.74 Å². The lowest BCUT2D eigenvalue weighted by molar-refractivity contribution is 0.299. The molecule has 2 heterocycles. The number of benzene rings is 1. The van der Waals surface area contributed by atoms with Crippen molar-refractivity contribution >= 4 is 0 Å². The Morgan fingerprint density at radius 1 is 1.21 bits per heavy atom. The average molecular weight is 321 g/mol. The van der Waals surface area contributed by atoms with E-state index in [2.05, 4.69) is 17.5 Å². The molecule has 4 nitrogen and oxygen atoms in total. The zero-order valence-electron chi connectivity index (χ0n) is 14.1. The second-order valence-electron chi connectivity index (χ2n) is 6.42. The molecular weight excluding hydrogens is 298 g/mol. The number of nitrogens with zero attached hydrogens (tertiary/aromatic N) is 2. The zero-order chi connectivity index (χ0) is 16.8. The van der Waals surface area contributed by atoms with Crippen LogP contribution in [0.15, 0.2) is 36.4 Å². The van der Waals surface area contributed by atoms with Crippen molar-refractivity contribution in [1.82, 2.24) is 10.3 Å². The molecule has 0 unspecified atom stereocenters. The molecule has 4 heteroatoms. The quantitative estimate of drug-likeness (QED) is 0.917. The Hall–Kier alpha value is -2.38. The Morgan fingerprint density at radius 3 is 2.79 bits per heavy atom. The van der Waals surface area contributed by atoms with Gasteiger partial charge in [0.25, 0.3) is 0 Å². The Kier molecular flexibility index (Phi) is 5.45. The summed E-state index contributed by atoms with van der Waals surface area (Å²) in [6.45, 7) is 4.57. The molecule has 0 atom stereocenters. The molecule has 0 spiro atoms. The molecule has 1 fully saturated rings. The fraction of sp³-hybridized carbons (Fsp3) is 0.400. The fourth-order valence-electron chi connectivity index (χ4n) is 3.11.